The smallest absolute Gasteiger partial charge is 0.253 e. The molecule has 1 saturated heterocycles. The molecule has 0 unspecified atom stereocenters. The van der Waals surface area contributed by atoms with Gasteiger partial charge < -0.3 is 10.3 Å². The third-order valence-electron chi connectivity index (χ3n) is 3.50. The summed E-state index contributed by atoms with van der Waals surface area (Å²) in [5, 5.41) is 0. The van der Waals surface area contributed by atoms with Crippen molar-refractivity contribution in [3.63, 3.8) is 0 Å². The standard InChI is InChI=1S/C14H22N4O/c1-2-7-17-8-10-18(11-9-17)14(19)12-3-5-13(16-15)6-4-12/h3-6,16H,2,7-11,15H2,1H3. The number of rotatable bonds is 4. The molecule has 0 aliphatic carbocycles. The molecule has 2 rings (SSSR count). The van der Waals surface area contributed by atoms with Crippen molar-refractivity contribution in [2.24, 2.45) is 5.84 Å². The van der Waals surface area contributed by atoms with E-state index >= 15 is 0 Å². The molecular formula is C14H22N4O. The van der Waals surface area contributed by atoms with Crippen LogP contribution in [-0.2, 0) is 0 Å². The van der Waals surface area contributed by atoms with Crippen molar-refractivity contribution in [2.45, 2.75) is 13.3 Å². The number of carbonyl (C=O) groups is 1. The van der Waals surface area contributed by atoms with Gasteiger partial charge in [0, 0.05) is 37.4 Å². The Hall–Kier alpha value is -1.59. The maximum Gasteiger partial charge on any atom is 0.253 e. The van der Waals surface area contributed by atoms with Crippen LogP contribution in [0.1, 0.15) is 23.7 Å². The van der Waals surface area contributed by atoms with Gasteiger partial charge in [-0.05, 0) is 37.2 Å². The number of nitrogens with one attached hydrogen (secondary N) is 1. The second kappa shape index (κ2) is 6.54. The Bertz CT molecular complexity index is 410. The first kappa shape index (κ1) is 13.8. The average molecular weight is 262 g/mol. The summed E-state index contributed by atoms with van der Waals surface area (Å²) in [4.78, 5) is 16.7. The first-order valence-corrected chi connectivity index (χ1v) is 6.83. The van der Waals surface area contributed by atoms with Gasteiger partial charge in [0.05, 0.1) is 0 Å². The number of hydrazine groups is 1. The third kappa shape index (κ3) is 3.45. The number of piperazine rings is 1. The van der Waals surface area contributed by atoms with Crippen LogP contribution in [0, 0.1) is 0 Å². The number of carbonyl (C=O) groups excluding carboxylic acids is 1. The fraction of sp³-hybridized carbons (Fsp3) is 0.500. The fourth-order valence-corrected chi connectivity index (χ4v) is 2.38. The summed E-state index contributed by atoms with van der Waals surface area (Å²) < 4.78 is 0. The third-order valence-corrected chi connectivity index (χ3v) is 3.50. The molecule has 0 aromatic heterocycles. The molecule has 0 saturated carbocycles. The Balaban J connectivity index is 1.93. The summed E-state index contributed by atoms with van der Waals surface area (Å²) in [5.41, 5.74) is 4.10. The molecule has 1 amide bonds. The van der Waals surface area contributed by atoms with Crippen molar-refractivity contribution < 1.29 is 4.79 Å². The summed E-state index contributed by atoms with van der Waals surface area (Å²) in [5.74, 6) is 5.42. The number of nitrogen functional groups attached to an aromatic ring is 1. The molecule has 1 aliphatic heterocycles. The highest BCUT2D eigenvalue weighted by Crippen LogP contribution is 2.12. The van der Waals surface area contributed by atoms with E-state index in [1.807, 2.05) is 29.2 Å². The lowest BCUT2D eigenvalue weighted by Gasteiger charge is -2.34. The minimum Gasteiger partial charge on any atom is -0.336 e. The van der Waals surface area contributed by atoms with Crippen LogP contribution in [0.4, 0.5) is 5.69 Å². The monoisotopic (exact) mass is 262 g/mol. The summed E-state index contributed by atoms with van der Waals surface area (Å²) in [6.07, 6.45) is 1.17. The van der Waals surface area contributed by atoms with Crippen LogP contribution in [0.25, 0.3) is 0 Å². The molecule has 104 valence electrons. The van der Waals surface area contributed by atoms with E-state index in [9.17, 15) is 4.79 Å². The van der Waals surface area contributed by atoms with Gasteiger partial charge in [-0.2, -0.15) is 0 Å². The number of hydrogen-bond donors (Lipinski definition) is 2. The predicted molar refractivity (Wildman–Crippen MR) is 76.9 cm³/mol. The summed E-state index contributed by atoms with van der Waals surface area (Å²) >= 11 is 0. The molecule has 0 spiro atoms. The maximum atomic E-state index is 12.3. The number of nitrogens with zero attached hydrogens (tertiary/aromatic N) is 2. The number of amides is 1. The molecule has 3 N–H and O–H groups in total. The van der Waals surface area contributed by atoms with E-state index in [1.54, 1.807) is 0 Å². The van der Waals surface area contributed by atoms with E-state index < -0.39 is 0 Å². The molecule has 19 heavy (non-hydrogen) atoms. The van der Waals surface area contributed by atoms with Gasteiger partial charge in [0.1, 0.15) is 0 Å². The van der Waals surface area contributed by atoms with Crippen LogP contribution in [0.3, 0.4) is 0 Å². The van der Waals surface area contributed by atoms with Gasteiger partial charge in [-0.1, -0.05) is 6.92 Å². The molecular weight excluding hydrogens is 240 g/mol. The predicted octanol–water partition coefficient (Wildman–Crippen LogP) is 1.14. The summed E-state index contributed by atoms with van der Waals surface area (Å²) in [6.45, 7) is 6.89. The van der Waals surface area contributed by atoms with Gasteiger partial charge in [-0.15, -0.1) is 0 Å². The SMILES string of the molecule is CCCN1CCN(C(=O)c2ccc(NN)cc2)CC1. The van der Waals surface area contributed by atoms with Crippen LogP contribution in [-0.4, -0.2) is 48.4 Å². The lowest BCUT2D eigenvalue weighted by molar-refractivity contribution is 0.0637. The highest BCUT2D eigenvalue weighted by atomic mass is 16.2. The zero-order valence-corrected chi connectivity index (χ0v) is 11.4. The van der Waals surface area contributed by atoms with E-state index in [1.165, 1.54) is 6.42 Å². The molecule has 5 heteroatoms. The minimum atomic E-state index is 0.111. The van der Waals surface area contributed by atoms with E-state index in [0.717, 1.165) is 44.0 Å². The minimum absolute atomic E-state index is 0.111. The van der Waals surface area contributed by atoms with Gasteiger partial charge in [-0.3, -0.25) is 15.5 Å². The van der Waals surface area contributed by atoms with Crippen LogP contribution in [0.5, 0.6) is 0 Å². The molecule has 0 radical (unpaired) electrons. The summed E-state index contributed by atoms with van der Waals surface area (Å²) in [7, 11) is 0. The first-order chi connectivity index (χ1) is 9.24. The van der Waals surface area contributed by atoms with Crippen molar-refractivity contribution in [3.8, 4) is 0 Å². The normalized spacial score (nSPS) is 16.4. The van der Waals surface area contributed by atoms with Crippen molar-refractivity contribution in [1.29, 1.82) is 0 Å². The van der Waals surface area contributed by atoms with Gasteiger partial charge in [-0.25, -0.2) is 0 Å². The maximum absolute atomic E-state index is 12.3. The topological polar surface area (TPSA) is 61.6 Å². The lowest BCUT2D eigenvalue weighted by Crippen LogP contribution is -2.48. The average Bonchev–Trinajstić information content (AvgIpc) is 2.48. The quantitative estimate of drug-likeness (QED) is 0.631. The first-order valence-electron chi connectivity index (χ1n) is 6.83. The molecule has 1 aromatic rings. The van der Waals surface area contributed by atoms with E-state index in [2.05, 4.69) is 17.2 Å². The molecule has 1 aromatic carbocycles. The van der Waals surface area contributed by atoms with Crippen molar-refractivity contribution in [2.75, 3.05) is 38.1 Å². The fourth-order valence-electron chi connectivity index (χ4n) is 2.38. The van der Waals surface area contributed by atoms with Gasteiger partial charge >= 0.3 is 0 Å². The largest absolute Gasteiger partial charge is 0.336 e. The van der Waals surface area contributed by atoms with Crippen molar-refractivity contribution in [1.82, 2.24) is 9.80 Å². The molecule has 5 nitrogen and oxygen atoms in total. The lowest BCUT2D eigenvalue weighted by atomic mass is 10.1. The van der Waals surface area contributed by atoms with Crippen molar-refractivity contribution in [3.05, 3.63) is 29.8 Å². The van der Waals surface area contributed by atoms with E-state index in [0.29, 0.717) is 0 Å². The number of anilines is 1. The molecule has 0 atom stereocenters. The zero-order chi connectivity index (χ0) is 13.7. The summed E-state index contributed by atoms with van der Waals surface area (Å²) in [6, 6.07) is 7.27. The molecule has 1 aliphatic rings. The number of benzene rings is 1. The molecule has 1 heterocycles. The Morgan fingerprint density at radius 2 is 1.84 bits per heavy atom. The van der Waals surface area contributed by atoms with Crippen LogP contribution < -0.4 is 11.3 Å². The van der Waals surface area contributed by atoms with Gasteiger partial charge in [0.2, 0.25) is 0 Å². The van der Waals surface area contributed by atoms with Gasteiger partial charge in [0.15, 0.2) is 0 Å². The Morgan fingerprint density at radius 3 is 2.37 bits per heavy atom. The molecule has 1 fully saturated rings. The second-order valence-electron chi connectivity index (χ2n) is 4.86. The van der Waals surface area contributed by atoms with Crippen LogP contribution in [0.2, 0.25) is 0 Å². The van der Waals surface area contributed by atoms with Crippen LogP contribution in [0.15, 0.2) is 24.3 Å². The van der Waals surface area contributed by atoms with Crippen LogP contribution >= 0.6 is 0 Å². The van der Waals surface area contributed by atoms with E-state index in [-0.39, 0.29) is 5.91 Å². The van der Waals surface area contributed by atoms with E-state index in [4.69, 9.17) is 5.84 Å². The highest BCUT2D eigenvalue weighted by molar-refractivity contribution is 5.94. The Kier molecular flexibility index (Phi) is 4.76. The zero-order valence-electron chi connectivity index (χ0n) is 11.4. The Morgan fingerprint density at radius 1 is 1.21 bits per heavy atom. The van der Waals surface area contributed by atoms with Gasteiger partial charge in [0.25, 0.3) is 5.91 Å². The number of nitrogens with two attached hydrogens (primary N) is 1. The second-order valence-corrected chi connectivity index (χ2v) is 4.86. The number of hydrogen-bond acceptors (Lipinski definition) is 4. The molecule has 0 bridgehead atoms. The van der Waals surface area contributed by atoms with Crippen molar-refractivity contribution >= 4 is 11.6 Å². The highest BCUT2D eigenvalue weighted by Gasteiger charge is 2.21. The Labute approximate surface area is 114 Å².